The minimum Gasteiger partial charge on any atom is -0.376 e. The third-order valence-electron chi connectivity index (χ3n) is 3.71. The van der Waals surface area contributed by atoms with Gasteiger partial charge in [0.15, 0.2) is 0 Å². The van der Waals surface area contributed by atoms with Crippen LogP contribution in [0.25, 0.3) is 0 Å². The number of ether oxygens (including phenoxy) is 1. The zero-order chi connectivity index (χ0) is 15.9. The number of fused-ring (bicyclic) bond motifs is 1. The third-order valence-corrected chi connectivity index (χ3v) is 5.60. The molecule has 3 rings (SSSR count). The Morgan fingerprint density at radius 1 is 1.32 bits per heavy atom. The van der Waals surface area contributed by atoms with E-state index in [1.165, 1.54) is 11.6 Å². The van der Waals surface area contributed by atoms with E-state index in [1.54, 1.807) is 36.4 Å². The molecule has 7 heteroatoms. The second-order valence-electron chi connectivity index (χ2n) is 5.37. The molecule has 2 heterocycles. The van der Waals surface area contributed by atoms with Gasteiger partial charge in [0.2, 0.25) is 0 Å². The SMILES string of the molecule is CN(C)c1c(C2OCCc3ccsc32)cccc1S(=O)(=O)O. The summed E-state index contributed by atoms with van der Waals surface area (Å²) in [6.07, 6.45) is 0.563. The molecule has 0 saturated heterocycles. The molecule has 0 bridgehead atoms. The van der Waals surface area contributed by atoms with Crippen LogP contribution in [0, 0.1) is 0 Å². The predicted octanol–water partition coefficient (Wildman–Crippen LogP) is 2.72. The molecule has 1 aliphatic heterocycles. The molecule has 0 fully saturated rings. The number of para-hydroxylation sites is 1. The highest BCUT2D eigenvalue weighted by molar-refractivity contribution is 7.86. The van der Waals surface area contributed by atoms with Gasteiger partial charge in [0.05, 0.1) is 12.3 Å². The van der Waals surface area contributed by atoms with Gasteiger partial charge in [0.25, 0.3) is 10.1 Å². The maximum atomic E-state index is 11.7. The second-order valence-corrected chi connectivity index (χ2v) is 7.71. The zero-order valence-electron chi connectivity index (χ0n) is 12.3. The quantitative estimate of drug-likeness (QED) is 0.871. The van der Waals surface area contributed by atoms with Crippen molar-refractivity contribution in [2.24, 2.45) is 0 Å². The van der Waals surface area contributed by atoms with Crippen molar-refractivity contribution in [1.82, 2.24) is 0 Å². The highest BCUT2D eigenvalue weighted by Crippen LogP contribution is 2.41. The van der Waals surface area contributed by atoms with Crippen molar-refractivity contribution < 1.29 is 17.7 Å². The minimum atomic E-state index is -4.30. The standard InChI is InChI=1S/C15H17NO4S2/c1-16(2)13-11(4-3-5-12(13)22(17,18)19)14-15-10(6-8-20-14)7-9-21-15/h3-5,7,9,14H,6,8H2,1-2H3,(H,17,18,19). The Bertz CT molecular complexity index is 796. The first-order valence-electron chi connectivity index (χ1n) is 6.85. The van der Waals surface area contributed by atoms with E-state index in [9.17, 15) is 13.0 Å². The first-order valence-corrected chi connectivity index (χ1v) is 9.17. The van der Waals surface area contributed by atoms with Crippen molar-refractivity contribution in [3.63, 3.8) is 0 Å². The van der Waals surface area contributed by atoms with Crippen LogP contribution < -0.4 is 4.90 Å². The molecule has 0 aliphatic carbocycles. The maximum absolute atomic E-state index is 11.7. The van der Waals surface area contributed by atoms with Crippen LogP contribution in [0.1, 0.15) is 22.1 Å². The van der Waals surface area contributed by atoms with E-state index < -0.39 is 10.1 Å². The summed E-state index contributed by atoms with van der Waals surface area (Å²) >= 11 is 1.61. The number of hydrogen-bond donors (Lipinski definition) is 1. The molecule has 1 aliphatic rings. The molecule has 118 valence electrons. The van der Waals surface area contributed by atoms with Gasteiger partial charge in [-0.25, -0.2) is 0 Å². The number of thiophene rings is 1. The Morgan fingerprint density at radius 2 is 2.09 bits per heavy atom. The fourth-order valence-electron chi connectivity index (χ4n) is 2.82. The van der Waals surface area contributed by atoms with Gasteiger partial charge in [-0.3, -0.25) is 4.55 Å². The number of nitrogens with zero attached hydrogens (tertiary/aromatic N) is 1. The summed E-state index contributed by atoms with van der Waals surface area (Å²) in [5.74, 6) is 0. The van der Waals surface area contributed by atoms with Crippen molar-refractivity contribution in [3.8, 4) is 0 Å². The zero-order valence-corrected chi connectivity index (χ0v) is 13.9. The number of hydrogen-bond acceptors (Lipinski definition) is 5. The molecule has 1 aromatic carbocycles. The lowest BCUT2D eigenvalue weighted by Gasteiger charge is -2.28. The van der Waals surface area contributed by atoms with Crippen molar-refractivity contribution in [1.29, 1.82) is 0 Å². The van der Waals surface area contributed by atoms with Gasteiger partial charge < -0.3 is 9.64 Å². The molecule has 2 aromatic rings. The highest BCUT2D eigenvalue weighted by atomic mass is 32.2. The fraction of sp³-hybridized carbons (Fsp3) is 0.333. The molecule has 1 atom stereocenters. The number of rotatable bonds is 3. The summed E-state index contributed by atoms with van der Waals surface area (Å²) < 4.78 is 38.8. The summed E-state index contributed by atoms with van der Waals surface area (Å²) in [7, 11) is -0.786. The number of anilines is 1. The normalized spacial score (nSPS) is 18.0. The topological polar surface area (TPSA) is 66.8 Å². The second kappa shape index (κ2) is 5.66. The molecule has 22 heavy (non-hydrogen) atoms. The van der Waals surface area contributed by atoms with Crippen molar-refractivity contribution >= 4 is 27.1 Å². The van der Waals surface area contributed by atoms with E-state index in [2.05, 4.69) is 6.07 Å². The molecule has 0 spiro atoms. The Kier molecular flexibility index (Phi) is 3.98. The summed E-state index contributed by atoms with van der Waals surface area (Å²) in [5.41, 5.74) is 2.46. The molecule has 5 nitrogen and oxygen atoms in total. The highest BCUT2D eigenvalue weighted by Gasteiger charge is 2.29. The van der Waals surface area contributed by atoms with Gasteiger partial charge in [0, 0.05) is 24.5 Å². The molecule has 1 N–H and O–H groups in total. The smallest absolute Gasteiger partial charge is 0.296 e. The van der Waals surface area contributed by atoms with E-state index in [-0.39, 0.29) is 11.0 Å². The van der Waals surface area contributed by atoms with Crippen LogP contribution in [0.3, 0.4) is 0 Å². The van der Waals surface area contributed by atoms with Crippen molar-refractivity contribution in [2.75, 3.05) is 25.6 Å². The van der Waals surface area contributed by atoms with E-state index in [4.69, 9.17) is 4.74 Å². The molecule has 1 unspecified atom stereocenters. The van der Waals surface area contributed by atoms with Gasteiger partial charge in [-0.2, -0.15) is 8.42 Å². The Hall–Kier alpha value is -1.41. The first-order chi connectivity index (χ1) is 10.4. The van der Waals surface area contributed by atoms with E-state index in [0.29, 0.717) is 12.3 Å². The van der Waals surface area contributed by atoms with Gasteiger partial charge in [-0.05, 0) is 29.5 Å². The molecule has 0 amide bonds. The summed E-state index contributed by atoms with van der Waals surface area (Å²) in [6, 6.07) is 6.98. The molecule has 0 saturated carbocycles. The molecular formula is C15H17NO4S2. The molecular weight excluding hydrogens is 322 g/mol. The van der Waals surface area contributed by atoms with Gasteiger partial charge in [0.1, 0.15) is 11.0 Å². The Balaban J connectivity index is 2.21. The Morgan fingerprint density at radius 3 is 2.77 bits per heavy atom. The van der Waals surface area contributed by atoms with Crippen LogP contribution in [0.4, 0.5) is 5.69 Å². The van der Waals surface area contributed by atoms with Crippen molar-refractivity contribution in [3.05, 3.63) is 45.6 Å². The molecule has 1 aromatic heterocycles. The third kappa shape index (κ3) is 2.65. The van der Waals surface area contributed by atoms with E-state index in [0.717, 1.165) is 16.9 Å². The minimum absolute atomic E-state index is 0.0951. The largest absolute Gasteiger partial charge is 0.376 e. The molecule has 0 radical (unpaired) electrons. The summed E-state index contributed by atoms with van der Waals surface area (Å²) in [4.78, 5) is 2.70. The van der Waals surface area contributed by atoms with Crippen LogP contribution in [-0.4, -0.2) is 33.7 Å². The maximum Gasteiger partial charge on any atom is 0.296 e. The summed E-state index contributed by atoms with van der Waals surface area (Å²) in [5, 5.41) is 2.02. The van der Waals surface area contributed by atoms with Gasteiger partial charge >= 0.3 is 0 Å². The lowest BCUT2D eigenvalue weighted by molar-refractivity contribution is 0.0730. The average Bonchev–Trinajstić information content (AvgIpc) is 2.93. The van der Waals surface area contributed by atoms with Crippen LogP contribution in [-0.2, 0) is 21.3 Å². The lowest BCUT2D eigenvalue weighted by Crippen LogP contribution is -2.21. The van der Waals surface area contributed by atoms with Crippen LogP contribution >= 0.6 is 11.3 Å². The predicted molar refractivity (Wildman–Crippen MR) is 86.4 cm³/mol. The van der Waals surface area contributed by atoms with E-state index >= 15 is 0 Å². The van der Waals surface area contributed by atoms with Crippen LogP contribution in [0.5, 0.6) is 0 Å². The first kappa shape index (κ1) is 15.5. The van der Waals surface area contributed by atoms with E-state index in [1.807, 2.05) is 11.4 Å². The van der Waals surface area contributed by atoms with Crippen molar-refractivity contribution in [2.45, 2.75) is 17.4 Å². The fourth-order valence-corrected chi connectivity index (χ4v) is 4.63. The van der Waals surface area contributed by atoms with Crippen LogP contribution in [0.2, 0.25) is 0 Å². The van der Waals surface area contributed by atoms with Gasteiger partial charge in [-0.15, -0.1) is 11.3 Å². The Labute approximate surface area is 133 Å². The van der Waals surface area contributed by atoms with Crippen LogP contribution in [0.15, 0.2) is 34.5 Å². The number of benzene rings is 1. The summed E-state index contributed by atoms with van der Waals surface area (Å²) in [6.45, 7) is 0.595. The monoisotopic (exact) mass is 339 g/mol. The van der Waals surface area contributed by atoms with Gasteiger partial charge in [-0.1, -0.05) is 12.1 Å². The average molecular weight is 339 g/mol. The lowest BCUT2D eigenvalue weighted by atomic mass is 9.99.